The Morgan fingerprint density at radius 2 is 1.81 bits per heavy atom. The first-order valence-corrected chi connectivity index (χ1v) is 8.58. The number of aryl methyl sites for hydroxylation is 2. The zero-order valence-electron chi connectivity index (χ0n) is 15.2. The van der Waals surface area contributed by atoms with Crippen LogP contribution in [-0.4, -0.2) is 23.5 Å². The molecule has 0 atom stereocenters. The van der Waals surface area contributed by atoms with Crippen LogP contribution in [0.1, 0.15) is 16.7 Å². The largest absolute Gasteiger partial charge is 0.452 e. The minimum Gasteiger partial charge on any atom is -0.452 e. The van der Waals surface area contributed by atoms with Gasteiger partial charge in [-0.05, 0) is 49.2 Å². The smallest absolute Gasteiger partial charge is 0.331 e. The summed E-state index contributed by atoms with van der Waals surface area (Å²) >= 11 is 0. The van der Waals surface area contributed by atoms with Gasteiger partial charge in [-0.15, -0.1) is 0 Å². The Bertz CT molecular complexity index is 999. The number of amides is 1. The van der Waals surface area contributed by atoms with Gasteiger partial charge in [-0.25, -0.2) is 4.79 Å². The highest BCUT2D eigenvalue weighted by Crippen LogP contribution is 2.17. The molecule has 0 aliphatic heterocycles. The molecule has 0 aliphatic carbocycles. The van der Waals surface area contributed by atoms with Crippen molar-refractivity contribution in [3.05, 3.63) is 77.5 Å². The third kappa shape index (κ3) is 5.01. The van der Waals surface area contributed by atoms with Gasteiger partial charge < -0.3 is 10.1 Å². The third-order valence-corrected chi connectivity index (χ3v) is 3.91. The average Bonchev–Trinajstić information content (AvgIpc) is 2.64. The molecule has 1 aromatic heterocycles. The molecule has 0 saturated carbocycles. The number of aromatic nitrogens is 1. The standard InChI is InChI=1S/C22H20N2O3/c1-15-11-16(2)13-19(12-15)24-20(25)14-27-21(26)9-8-18-6-3-5-17-7-4-10-23-22(17)18/h3-13H,14H2,1-2H3,(H,24,25)/b9-8+. The third-order valence-electron chi connectivity index (χ3n) is 3.91. The van der Waals surface area contributed by atoms with E-state index in [2.05, 4.69) is 10.3 Å². The second kappa shape index (κ2) is 8.27. The Morgan fingerprint density at radius 1 is 1.07 bits per heavy atom. The Hall–Kier alpha value is -3.47. The molecule has 136 valence electrons. The van der Waals surface area contributed by atoms with Crippen molar-refractivity contribution >= 4 is 34.5 Å². The predicted octanol–water partition coefficient (Wildman–Crippen LogP) is 4.05. The van der Waals surface area contributed by atoms with E-state index in [1.807, 2.05) is 62.4 Å². The molecule has 5 nitrogen and oxygen atoms in total. The lowest BCUT2D eigenvalue weighted by Crippen LogP contribution is -2.20. The molecule has 2 aromatic carbocycles. The molecule has 3 rings (SSSR count). The fourth-order valence-electron chi connectivity index (χ4n) is 2.85. The summed E-state index contributed by atoms with van der Waals surface area (Å²) in [4.78, 5) is 28.2. The van der Waals surface area contributed by atoms with Crippen LogP contribution in [0.5, 0.6) is 0 Å². The molecule has 27 heavy (non-hydrogen) atoms. The van der Waals surface area contributed by atoms with Crippen molar-refractivity contribution in [2.24, 2.45) is 0 Å². The number of nitrogens with one attached hydrogen (secondary N) is 1. The Labute approximate surface area is 157 Å². The lowest BCUT2D eigenvalue weighted by atomic mass is 10.1. The van der Waals surface area contributed by atoms with Gasteiger partial charge in [0.1, 0.15) is 0 Å². The van der Waals surface area contributed by atoms with Crippen molar-refractivity contribution in [1.29, 1.82) is 0 Å². The molecule has 5 heteroatoms. The van der Waals surface area contributed by atoms with Gasteiger partial charge >= 0.3 is 5.97 Å². The summed E-state index contributed by atoms with van der Waals surface area (Å²) in [7, 11) is 0. The van der Waals surface area contributed by atoms with Crippen LogP contribution < -0.4 is 5.32 Å². The van der Waals surface area contributed by atoms with Crippen molar-refractivity contribution in [1.82, 2.24) is 4.98 Å². The van der Waals surface area contributed by atoms with Crippen molar-refractivity contribution in [2.75, 3.05) is 11.9 Å². The monoisotopic (exact) mass is 360 g/mol. The van der Waals surface area contributed by atoms with E-state index in [1.54, 1.807) is 12.3 Å². The predicted molar refractivity (Wildman–Crippen MR) is 106 cm³/mol. The first-order chi connectivity index (χ1) is 13.0. The van der Waals surface area contributed by atoms with Crippen LogP contribution in [0.15, 0.2) is 60.8 Å². The molecular weight excluding hydrogens is 340 g/mol. The van der Waals surface area contributed by atoms with E-state index in [1.165, 1.54) is 6.08 Å². The Kier molecular flexibility index (Phi) is 5.61. The molecule has 0 radical (unpaired) electrons. The van der Waals surface area contributed by atoms with Gasteiger partial charge in [0.25, 0.3) is 5.91 Å². The number of hydrogen-bond acceptors (Lipinski definition) is 4. The highest BCUT2D eigenvalue weighted by molar-refractivity contribution is 5.96. The maximum absolute atomic E-state index is 12.0. The SMILES string of the molecule is Cc1cc(C)cc(NC(=O)COC(=O)/C=C/c2cccc3cccnc23)c1. The van der Waals surface area contributed by atoms with E-state index < -0.39 is 5.97 Å². The molecule has 0 aliphatic rings. The molecule has 0 unspecified atom stereocenters. The quantitative estimate of drug-likeness (QED) is 0.551. The zero-order valence-corrected chi connectivity index (χ0v) is 15.2. The number of hydrogen-bond donors (Lipinski definition) is 1. The van der Waals surface area contributed by atoms with Crippen molar-refractivity contribution in [3.8, 4) is 0 Å². The number of rotatable bonds is 5. The Morgan fingerprint density at radius 3 is 2.59 bits per heavy atom. The van der Waals surface area contributed by atoms with Gasteiger partial charge in [-0.2, -0.15) is 0 Å². The summed E-state index contributed by atoms with van der Waals surface area (Å²) in [6.07, 6.45) is 4.64. The lowest BCUT2D eigenvalue weighted by molar-refractivity contribution is -0.142. The molecular formula is C22H20N2O3. The summed E-state index contributed by atoms with van der Waals surface area (Å²) in [5, 5.41) is 3.71. The van der Waals surface area contributed by atoms with Gasteiger partial charge in [-0.1, -0.05) is 30.3 Å². The highest BCUT2D eigenvalue weighted by Gasteiger charge is 2.07. The second-order valence-electron chi connectivity index (χ2n) is 6.29. The minimum absolute atomic E-state index is 0.343. The number of fused-ring (bicyclic) bond motifs is 1. The van der Waals surface area contributed by atoms with Crippen LogP contribution in [0.25, 0.3) is 17.0 Å². The topological polar surface area (TPSA) is 68.3 Å². The average molecular weight is 360 g/mol. The van der Waals surface area contributed by atoms with E-state index in [0.717, 1.165) is 27.6 Å². The van der Waals surface area contributed by atoms with Gasteiger partial charge in [0, 0.05) is 28.9 Å². The molecule has 1 N–H and O–H groups in total. The maximum Gasteiger partial charge on any atom is 0.331 e. The number of carbonyl (C=O) groups is 2. The molecule has 3 aromatic rings. The second-order valence-corrected chi connectivity index (χ2v) is 6.29. The Balaban J connectivity index is 1.57. The summed E-state index contributed by atoms with van der Waals surface area (Å²) in [5.41, 5.74) is 4.40. The first-order valence-electron chi connectivity index (χ1n) is 8.58. The van der Waals surface area contributed by atoms with Crippen LogP contribution in [0.3, 0.4) is 0 Å². The maximum atomic E-state index is 12.0. The van der Waals surface area contributed by atoms with Crippen LogP contribution in [0, 0.1) is 13.8 Å². The van der Waals surface area contributed by atoms with Gasteiger partial charge in [0.05, 0.1) is 5.52 Å². The molecule has 0 saturated heterocycles. The molecule has 1 amide bonds. The normalized spacial score (nSPS) is 10.9. The van der Waals surface area contributed by atoms with Crippen LogP contribution >= 0.6 is 0 Å². The summed E-state index contributed by atoms with van der Waals surface area (Å²) in [6, 6.07) is 15.3. The van der Waals surface area contributed by atoms with E-state index >= 15 is 0 Å². The molecule has 0 bridgehead atoms. The summed E-state index contributed by atoms with van der Waals surface area (Å²) in [5.74, 6) is -0.966. The van der Waals surface area contributed by atoms with Crippen LogP contribution in [0.4, 0.5) is 5.69 Å². The number of ether oxygens (including phenoxy) is 1. The number of nitrogens with zero attached hydrogens (tertiary/aromatic N) is 1. The first kappa shape index (κ1) is 18.3. The van der Waals surface area contributed by atoms with E-state index in [-0.39, 0.29) is 12.5 Å². The summed E-state index contributed by atoms with van der Waals surface area (Å²) in [6.45, 7) is 3.56. The molecule has 1 heterocycles. The number of pyridine rings is 1. The van der Waals surface area contributed by atoms with Gasteiger partial charge in [-0.3, -0.25) is 9.78 Å². The van der Waals surface area contributed by atoms with E-state index in [4.69, 9.17) is 4.74 Å². The summed E-state index contributed by atoms with van der Waals surface area (Å²) < 4.78 is 5.01. The zero-order chi connectivity index (χ0) is 19.2. The lowest BCUT2D eigenvalue weighted by Gasteiger charge is -2.07. The van der Waals surface area contributed by atoms with Gasteiger partial charge in [0.2, 0.25) is 0 Å². The van der Waals surface area contributed by atoms with Crippen molar-refractivity contribution < 1.29 is 14.3 Å². The number of anilines is 1. The molecule has 0 spiro atoms. The van der Waals surface area contributed by atoms with Crippen molar-refractivity contribution in [3.63, 3.8) is 0 Å². The van der Waals surface area contributed by atoms with E-state index in [9.17, 15) is 9.59 Å². The molecule has 0 fully saturated rings. The number of benzene rings is 2. The fourth-order valence-corrected chi connectivity index (χ4v) is 2.85. The number of esters is 1. The van der Waals surface area contributed by atoms with Crippen LogP contribution in [0.2, 0.25) is 0 Å². The van der Waals surface area contributed by atoms with Gasteiger partial charge in [0.15, 0.2) is 6.61 Å². The number of para-hydroxylation sites is 1. The fraction of sp³-hybridized carbons (Fsp3) is 0.136. The highest BCUT2D eigenvalue weighted by atomic mass is 16.5. The van der Waals surface area contributed by atoms with Crippen molar-refractivity contribution in [2.45, 2.75) is 13.8 Å². The number of carbonyl (C=O) groups excluding carboxylic acids is 2. The van der Waals surface area contributed by atoms with E-state index in [0.29, 0.717) is 5.69 Å². The minimum atomic E-state index is -0.585. The van der Waals surface area contributed by atoms with Crippen LogP contribution in [-0.2, 0) is 14.3 Å².